The summed E-state index contributed by atoms with van der Waals surface area (Å²) < 4.78 is 8.09. The molecule has 2 aromatic rings. The van der Waals surface area contributed by atoms with E-state index in [1.165, 1.54) is 0 Å². The van der Waals surface area contributed by atoms with E-state index in [-0.39, 0.29) is 12.0 Å². The smallest absolute Gasteiger partial charge is 0.249 e. The first-order valence-corrected chi connectivity index (χ1v) is 9.22. The number of aryl methyl sites for hydroxylation is 1. The molecule has 1 unspecified atom stereocenters. The molecule has 6 heteroatoms. The number of fused-ring (bicyclic) bond motifs is 1. The first-order chi connectivity index (χ1) is 12.7. The van der Waals surface area contributed by atoms with Gasteiger partial charge in [0.1, 0.15) is 0 Å². The summed E-state index contributed by atoms with van der Waals surface area (Å²) in [6.07, 6.45) is 6.73. The van der Waals surface area contributed by atoms with Gasteiger partial charge in [-0.15, -0.1) is 0 Å². The number of rotatable bonds is 4. The molecule has 0 bridgehead atoms. The molecule has 1 atom stereocenters. The molecule has 0 N–H and O–H groups in total. The highest BCUT2D eigenvalue weighted by molar-refractivity contribution is 5.93. The lowest BCUT2D eigenvalue weighted by Crippen LogP contribution is -2.37. The van der Waals surface area contributed by atoms with Gasteiger partial charge in [-0.2, -0.15) is 5.10 Å². The average molecular weight is 352 g/mol. The van der Waals surface area contributed by atoms with Gasteiger partial charge >= 0.3 is 0 Å². The number of hydrogen-bond acceptors (Lipinski definition) is 4. The largest absolute Gasteiger partial charge is 0.368 e. The number of amides is 1. The molecule has 1 aliphatic carbocycles. The molecule has 1 amide bonds. The molecule has 4 rings (SSSR count). The van der Waals surface area contributed by atoms with Crippen LogP contribution < -0.4 is 0 Å². The summed E-state index contributed by atoms with van der Waals surface area (Å²) in [5.41, 5.74) is 3.88. The Morgan fingerprint density at radius 3 is 3.04 bits per heavy atom. The fourth-order valence-electron chi connectivity index (χ4n) is 3.63. The van der Waals surface area contributed by atoms with Gasteiger partial charge in [-0.25, -0.2) is 0 Å². The van der Waals surface area contributed by atoms with Crippen molar-refractivity contribution in [3.8, 4) is 0 Å². The highest BCUT2D eigenvalue weighted by atomic mass is 16.5. The minimum Gasteiger partial charge on any atom is -0.368 e. The quantitative estimate of drug-likeness (QED) is 0.849. The van der Waals surface area contributed by atoms with Crippen molar-refractivity contribution >= 4 is 5.91 Å². The Bertz CT molecular complexity index is 827. The molecule has 6 nitrogen and oxygen atoms in total. The standard InChI is InChI=1S/C20H24N4O2/c1-15-5-4-8-17(22-15)14-26-19-12-23(20(25)16-6-2-3-7-16)11-18-9-10-21-24(18)13-19/h4-6,8-10,19H,2-3,7,11-14H2,1H3. The second-order valence-electron chi connectivity index (χ2n) is 7.02. The minimum atomic E-state index is -0.107. The average Bonchev–Trinajstić information content (AvgIpc) is 3.28. The van der Waals surface area contributed by atoms with Crippen molar-refractivity contribution in [2.75, 3.05) is 6.54 Å². The van der Waals surface area contributed by atoms with Crippen LogP contribution >= 0.6 is 0 Å². The van der Waals surface area contributed by atoms with Crippen LogP contribution in [0.15, 0.2) is 42.1 Å². The van der Waals surface area contributed by atoms with Crippen LogP contribution in [0.25, 0.3) is 0 Å². The van der Waals surface area contributed by atoms with Gasteiger partial charge in [0.2, 0.25) is 5.91 Å². The predicted octanol–water partition coefficient (Wildman–Crippen LogP) is 2.62. The summed E-state index contributed by atoms with van der Waals surface area (Å²) in [6.45, 7) is 4.22. The Balaban J connectivity index is 1.49. The molecule has 2 aromatic heterocycles. The van der Waals surface area contributed by atoms with E-state index < -0.39 is 0 Å². The summed E-state index contributed by atoms with van der Waals surface area (Å²) >= 11 is 0. The van der Waals surface area contributed by atoms with Gasteiger partial charge < -0.3 is 9.64 Å². The zero-order valence-electron chi connectivity index (χ0n) is 15.1. The number of nitrogens with zero attached hydrogens (tertiary/aromatic N) is 4. The lowest BCUT2D eigenvalue weighted by atomic mass is 10.2. The number of ether oxygens (including phenoxy) is 1. The molecule has 0 aromatic carbocycles. The molecule has 26 heavy (non-hydrogen) atoms. The number of carbonyl (C=O) groups excluding carboxylic acids is 1. The Labute approximate surface area is 153 Å². The monoisotopic (exact) mass is 352 g/mol. The first-order valence-electron chi connectivity index (χ1n) is 9.22. The van der Waals surface area contributed by atoms with Crippen molar-refractivity contribution in [3.63, 3.8) is 0 Å². The zero-order valence-corrected chi connectivity index (χ0v) is 15.1. The molecule has 3 heterocycles. The number of pyridine rings is 1. The van der Waals surface area contributed by atoms with Gasteiger partial charge in [-0.3, -0.25) is 14.5 Å². The minimum absolute atomic E-state index is 0.107. The van der Waals surface area contributed by atoms with Gasteiger partial charge in [0.25, 0.3) is 0 Å². The number of aromatic nitrogens is 3. The molecule has 0 spiro atoms. The topological polar surface area (TPSA) is 60.2 Å². The highest BCUT2D eigenvalue weighted by Crippen LogP contribution is 2.23. The second-order valence-corrected chi connectivity index (χ2v) is 7.02. The molecule has 136 valence electrons. The Hall–Kier alpha value is -2.47. The summed E-state index contributed by atoms with van der Waals surface area (Å²) in [7, 11) is 0. The van der Waals surface area contributed by atoms with Crippen molar-refractivity contribution in [2.24, 2.45) is 0 Å². The third kappa shape index (κ3) is 3.70. The van der Waals surface area contributed by atoms with Gasteiger partial charge in [-0.05, 0) is 44.4 Å². The number of hydrogen-bond donors (Lipinski definition) is 0. The molecule has 0 saturated carbocycles. The van der Waals surface area contributed by atoms with E-state index >= 15 is 0 Å². The first kappa shape index (κ1) is 17.0. The third-order valence-corrected chi connectivity index (χ3v) is 4.97. The van der Waals surface area contributed by atoms with E-state index in [1.807, 2.05) is 40.8 Å². The highest BCUT2D eigenvalue weighted by Gasteiger charge is 2.28. The SMILES string of the molecule is Cc1cccc(COC2CN(C(=O)C3=CCCC3)Cc3ccnn3C2)n1. The molecule has 0 fully saturated rings. The zero-order chi connectivity index (χ0) is 17.9. The molecular formula is C20H24N4O2. The van der Waals surface area contributed by atoms with E-state index in [1.54, 1.807) is 6.20 Å². The van der Waals surface area contributed by atoms with Crippen LogP contribution in [0, 0.1) is 6.92 Å². The summed E-state index contributed by atoms with van der Waals surface area (Å²) in [6, 6.07) is 7.91. The second kappa shape index (κ2) is 7.41. The molecule has 2 aliphatic rings. The van der Waals surface area contributed by atoms with Crippen LogP contribution in [-0.4, -0.2) is 38.2 Å². The van der Waals surface area contributed by atoms with Crippen LogP contribution in [0.2, 0.25) is 0 Å². The fraction of sp³-hybridized carbons (Fsp3) is 0.450. The van der Waals surface area contributed by atoms with Gasteiger partial charge in [0.05, 0.1) is 37.2 Å². The van der Waals surface area contributed by atoms with Gasteiger partial charge in [0, 0.05) is 24.0 Å². The van der Waals surface area contributed by atoms with Gasteiger partial charge in [0.15, 0.2) is 0 Å². The Kier molecular flexibility index (Phi) is 4.84. The molecule has 0 saturated heterocycles. The summed E-state index contributed by atoms with van der Waals surface area (Å²) in [5, 5.41) is 4.40. The van der Waals surface area contributed by atoms with E-state index in [9.17, 15) is 4.79 Å². The van der Waals surface area contributed by atoms with E-state index in [0.29, 0.717) is 26.2 Å². The number of allylic oxidation sites excluding steroid dienone is 1. The maximum atomic E-state index is 12.9. The van der Waals surface area contributed by atoms with E-state index in [0.717, 1.165) is 41.9 Å². The molecular weight excluding hydrogens is 328 g/mol. The van der Waals surface area contributed by atoms with Crippen molar-refractivity contribution in [1.29, 1.82) is 0 Å². The summed E-state index contributed by atoms with van der Waals surface area (Å²) in [5.74, 6) is 0.138. The number of carbonyl (C=O) groups is 1. The summed E-state index contributed by atoms with van der Waals surface area (Å²) in [4.78, 5) is 19.3. The van der Waals surface area contributed by atoms with Crippen molar-refractivity contribution in [3.05, 3.63) is 59.2 Å². The Morgan fingerprint density at radius 1 is 1.31 bits per heavy atom. The van der Waals surface area contributed by atoms with Crippen LogP contribution in [0.5, 0.6) is 0 Å². The van der Waals surface area contributed by atoms with Crippen molar-refractivity contribution in [2.45, 2.75) is 52.0 Å². The molecule has 0 radical (unpaired) electrons. The van der Waals surface area contributed by atoms with Crippen molar-refractivity contribution in [1.82, 2.24) is 19.7 Å². The normalized spacial score (nSPS) is 19.8. The van der Waals surface area contributed by atoms with Crippen LogP contribution in [0.3, 0.4) is 0 Å². The lowest BCUT2D eigenvalue weighted by molar-refractivity contribution is -0.129. The Morgan fingerprint density at radius 2 is 2.23 bits per heavy atom. The maximum Gasteiger partial charge on any atom is 0.249 e. The van der Waals surface area contributed by atoms with Crippen LogP contribution in [-0.2, 0) is 29.2 Å². The van der Waals surface area contributed by atoms with E-state index in [2.05, 4.69) is 16.2 Å². The predicted molar refractivity (Wildman–Crippen MR) is 97.1 cm³/mol. The van der Waals surface area contributed by atoms with Gasteiger partial charge in [-0.1, -0.05) is 12.1 Å². The molecule has 1 aliphatic heterocycles. The van der Waals surface area contributed by atoms with E-state index in [4.69, 9.17) is 4.74 Å². The van der Waals surface area contributed by atoms with Crippen LogP contribution in [0.4, 0.5) is 0 Å². The maximum absolute atomic E-state index is 12.9. The third-order valence-electron chi connectivity index (χ3n) is 4.97. The van der Waals surface area contributed by atoms with Crippen molar-refractivity contribution < 1.29 is 9.53 Å². The fourth-order valence-corrected chi connectivity index (χ4v) is 3.63. The lowest BCUT2D eigenvalue weighted by Gasteiger charge is -2.24. The van der Waals surface area contributed by atoms with Crippen LogP contribution in [0.1, 0.15) is 36.3 Å².